The van der Waals surface area contributed by atoms with Gasteiger partial charge in [-0.2, -0.15) is 0 Å². The topological polar surface area (TPSA) is 40.2 Å². The van der Waals surface area contributed by atoms with Crippen molar-refractivity contribution in [1.82, 2.24) is 4.90 Å². The summed E-state index contributed by atoms with van der Waals surface area (Å²) in [5, 5.41) is 0. The fourth-order valence-corrected chi connectivity index (χ4v) is 4.50. The molecule has 1 aliphatic carbocycles. The molecule has 0 fully saturated rings. The number of fused-ring (bicyclic) bond motifs is 2. The minimum Gasteiger partial charge on any atom is -0.493 e. The molecule has 0 spiro atoms. The van der Waals surface area contributed by atoms with Crippen molar-refractivity contribution in [1.29, 1.82) is 0 Å². The Balaban J connectivity index is 2.05. The van der Waals surface area contributed by atoms with Gasteiger partial charge in [-0.15, -0.1) is 0 Å². The summed E-state index contributed by atoms with van der Waals surface area (Å²) in [5.41, 5.74) is 6.25. The van der Waals surface area contributed by atoms with E-state index in [1.165, 1.54) is 16.7 Å². The average molecular weight is 355 g/mol. The van der Waals surface area contributed by atoms with Crippen LogP contribution in [0.15, 0.2) is 18.2 Å². The smallest absolute Gasteiger partial charge is 0.168 e. The minimum absolute atomic E-state index is 0.434. The van der Waals surface area contributed by atoms with Crippen molar-refractivity contribution in [3.05, 3.63) is 34.9 Å². The molecule has 0 N–H and O–H groups in total. The fraction of sp³-hybridized carbons (Fsp3) is 0.429. The molecule has 0 radical (unpaired) electrons. The van der Waals surface area contributed by atoms with E-state index in [-0.39, 0.29) is 0 Å². The van der Waals surface area contributed by atoms with Crippen molar-refractivity contribution in [2.24, 2.45) is 0 Å². The largest absolute Gasteiger partial charge is 0.493 e. The number of likely N-dealkylation sites (N-methyl/N-ethyl adjacent to an activating group) is 1. The van der Waals surface area contributed by atoms with Gasteiger partial charge < -0.3 is 23.8 Å². The van der Waals surface area contributed by atoms with Crippen LogP contribution < -0.4 is 18.9 Å². The molecule has 1 unspecified atom stereocenters. The summed E-state index contributed by atoms with van der Waals surface area (Å²) in [6.07, 6.45) is 0.982. The van der Waals surface area contributed by atoms with Crippen molar-refractivity contribution in [3.8, 4) is 34.1 Å². The first-order valence-corrected chi connectivity index (χ1v) is 8.82. The van der Waals surface area contributed by atoms with E-state index < -0.39 is 0 Å². The van der Waals surface area contributed by atoms with Gasteiger partial charge in [0.1, 0.15) is 0 Å². The molecule has 5 nitrogen and oxygen atoms in total. The van der Waals surface area contributed by atoms with Gasteiger partial charge in [0.2, 0.25) is 0 Å². The van der Waals surface area contributed by atoms with E-state index in [9.17, 15) is 0 Å². The van der Waals surface area contributed by atoms with Gasteiger partial charge in [0.15, 0.2) is 23.0 Å². The molecular formula is C21H25NO4. The molecule has 0 bridgehead atoms. The fourth-order valence-electron chi connectivity index (χ4n) is 4.50. The third-order valence-corrected chi connectivity index (χ3v) is 5.52. The SMILES string of the molecule is COc1cc2c(cc1OC)-c1c(OC)c(OC)cc3c1C(C2)CN(C)C3. The van der Waals surface area contributed by atoms with E-state index >= 15 is 0 Å². The van der Waals surface area contributed by atoms with Crippen molar-refractivity contribution in [3.63, 3.8) is 0 Å². The lowest BCUT2D eigenvalue weighted by molar-refractivity contribution is 0.275. The maximum Gasteiger partial charge on any atom is 0.168 e. The molecule has 0 saturated carbocycles. The molecule has 0 saturated heterocycles. The van der Waals surface area contributed by atoms with Crippen LogP contribution in [0.5, 0.6) is 23.0 Å². The zero-order valence-corrected chi connectivity index (χ0v) is 16.0. The Bertz CT molecular complexity index is 862. The van der Waals surface area contributed by atoms with Crippen LogP contribution in [-0.2, 0) is 13.0 Å². The molecule has 138 valence electrons. The molecule has 2 aromatic carbocycles. The summed E-state index contributed by atoms with van der Waals surface area (Å²) in [6, 6.07) is 6.30. The van der Waals surface area contributed by atoms with Crippen LogP contribution in [-0.4, -0.2) is 46.9 Å². The van der Waals surface area contributed by atoms with Gasteiger partial charge in [-0.05, 0) is 53.9 Å². The Morgan fingerprint density at radius 2 is 1.50 bits per heavy atom. The van der Waals surface area contributed by atoms with Gasteiger partial charge in [0, 0.05) is 24.6 Å². The highest BCUT2D eigenvalue weighted by Gasteiger charge is 2.36. The number of benzene rings is 2. The summed E-state index contributed by atoms with van der Waals surface area (Å²) in [5.74, 6) is 3.51. The lowest BCUT2D eigenvalue weighted by atomic mass is 9.74. The van der Waals surface area contributed by atoms with Crippen LogP contribution >= 0.6 is 0 Å². The van der Waals surface area contributed by atoms with Gasteiger partial charge in [-0.1, -0.05) is 0 Å². The van der Waals surface area contributed by atoms with E-state index in [1.807, 2.05) is 0 Å². The van der Waals surface area contributed by atoms with Crippen LogP contribution in [0.4, 0.5) is 0 Å². The van der Waals surface area contributed by atoms with Crippen LogP contribution in [0.2, 0.25) is 0 Å². The Morgan fingerprint density at radius 3 is 2.15 bits per heavy atom. The predicted molar refractivity (Wildman–Crippen MR) is 101 cm³/mol. The van der Waals surface area contributed by atoms with Gasteiger partial charge in [-0.3, -0.25) is 0 Å². The minimum atomic E-state index is 0.434. The van der Waals surface area contributed by atoms with Crippen LogP contribution in [0, 0.1) is 0 Å². The summed E-state index contributed by atoms with van der Waals surface area (Å²) in [7, 11) is 8.92. The number of nitrogens with zero attached hydrogens (tertiary/aromatic N) is 1. The summed E-state index contributed by atoms with van der Waals surface area (Å²) in [6.45, 7) is 1.95. The lowest BCUT2D eigenvalue weighted by Gasteiger charge is -2.38. The maximum atomic E-state index is 5.81. The summed E-state index contributed by atoms with van der Waals surface area (Å²) in [4.78, 5) is 2.37. The highest BCUT2D eigenvalue weighted by atomic mass is 16.5. The second-order valence-corrected chi connectivity index (χ2v) is 7.02. The van der Waals surface area contributed by atoms with Crippen molar-refractivity contribution < 1.29 is 18.9 Å². The summed E-state index contributed by atoms with van der Waals surface area (Å²) >= 11 is 0. The average Bonchev–Trinajstić information content (AvgIpc) is 2.65. The number of rotatable bonds is 4. The van der Waals surface area contributed by atoms with Crippen molar-refractivity contribution in [2.75, 3.05) is 42.0 Å². The highest BCUT2D eigenvalue weighted by molar-refractivity contribution is 5.85. The Labute approximate surface area is 154 Å². The standard InChI is InChI=1S/C21H25NO4/c1-22-10-13-6-12-7-16(23-2)17(24-3)9-15(12)20-19(13)14(11-22)8-18(25-4)21(20)26-5/h7-9,13H,6,10-11H2,1-5H3. The first kappa shape index (κ1) is 17.0. The second-order valence-electron chi connectivity index (χ2n) is 7.02. The van der Waals surface area contributed by atoms with Crippen molar-refractivity contribution >= 4 is 0 Å². The van der Waals surface area contributed by atoms with Crippen LogP contribution in [0.25, 0.3) is 11.1 Å². The van der Waals surface area contributed by atoms with E-state index in [2.05, 4.69) is 30.1 Å². The number of hydrogen-bond donors (Lipinski definition) is 0. The first-order chi connectivity index (χ1) is 12.6. The van der Waals surface area contributed by atoms with E-state index in [0.717, 1.165) is 53.6 Å². The molecular weight excluding hydrogens is 330 g/mol. The number of methoxy groups -OCH3 is 4. The molecule has 1 aliphatic heterocycles. The molecule has 0 aromatic heterocycles. The molecule has 1 atom stereocenters. The predicted octanol–water partition coefficient (Wildman–Crippen LogP) is 3.47. The maximum absolute atomic E-state index is 5.81. The lowest BCUT2D eigenvalue weighted by Crippen LogP contribution is -2.33. The Morgan fingerprint density at radius 1 is 0.846 bits per heavy atom. The first-order valence-electron chi connectivity index (χ1n) is 8.82. The zero-order chi connectivity index (χ0) is 18.4. The zero-order valence-electron chi connectivity index (χ0n) is 16.0. The van der Waals surface area contributed by atoms with Crippen LogP contribution in [0.3, 0.4) is 0 Å². The third-order valence-electron chi connectivity index (χ3n) is 5.52. The Kier molecular flexibility index (Phi) is 4.19. The van der Waals surface area contributed by atoms with Gasteiger partial charge >= 0.3 is 0 Å². The van der Waals surface area contributed by atoms with Gasteiger partial charge in [-0.25, -0.2) is 0 Å². The Hall–Kier alpha value is -2.40. The molecule has 4 rings (SSSR count). The van der Waals surface area contributed by atoms with Crippen LogP contribution in [0.1, 0.15) is 22.6 Å². The van der Waals surface area contributed by atoms with Gasteiger partial charge in [0.05, 0.1) is 28.4 Å². The van der Waals surface area contributed by atoms with E-state index in [1.54, 1.807) is 28.4 Å². The number of hydrogen-bond acceptors (Lipinski definition) is 5. The van der Waals surface area contributed by atoms with E-state index in [0.29, 0.717) is 5.92 Å². The van der Waals surface area contributed by atoms with Crippen molar-refractivity contribution in [2.45, 2.75) is 18.9 Å². The third kappa shape index (κ3) is 2.42. The van der Waals surface area contributed by atoms with E-state index in [4.69, 9.17) is 18.9 Å². The molecule has 5 heteroatoms. The highest BCUT2D eigenvalue weighted by Crippen LogP contribution is 2.53. The quantitative estimate of drug-likeness (QED) is 0.840. The second kappa shape index (κ2) is 6.40. The molecule has 2 aromatic rings. The summed E-state index contributed by atoms with van der Waals surface area (Å²) < 4.78 is 22.6. The molecule has 26 heavy (non-hydrogen) atoms. The molecule has 0 amide bonds. The molecule has 1 heterocycles. The van der Waals surface area contributed by atoms with Gasteiger partial charge in [0.25, 0.3) is 0 Å². The monoisotopic (exact) mass is 355 g/mol. The molecule has 2 aliphatic rings. The normalized spacial score (nSPS) is 18.0. The number of ether oxygens (including phenoxy) is 4.